The van der Waals surface area contributed by atoms with Crippen molar-refractivity contribution in [3.8, 4) is 0 Å². The number of anilines is 1. The first-order chi connectivity index (χ1) is 8.09. The van der Waals surface area contributed by atoms with Gasteiger partial charge in [-0.3, -0.25) is 4.57 Å². The molecule has 0 aliphatic heterocycles. The molecule has 2 heterocycles. The number of nitrogens with two attached hydrogens (primary N) is 1. The molecule has 2 N–H and O–H groups in total. The van der Waals surface area contributed by atoms with Crippen LogP contribution < -0.4 is 5.73 Å². The highest BCUT2D eigenvalue weighted by Crippen LogP contribution is 2.24. The molecular weight excluding hydrogens is 236 g/mol. The number of hydrogen-bond donors (Lipinski definition) is 1. The first kappa shape index (κ1) is 12.0. The number of hydrogen-bond acceptors (Lipinski definition) is 5. The maximum absolute atomic E-state index is 5.78. The lowest BCUT2D eigenvalue weighted by Gasteiger charge is -2.10. The largest absolute Gasteiger partial charge is 0.368 e. The van der Waals surface area contributed by atoms with E-state index in [4.69, 9.17) is 5.73 Å². The molecular formula is C10H16N6S. The van der Waals surface area contributed by atoms with Crippen molar-refractivity contribution in [3.63, 3.8) is 0 Å². The quantitative estimate of drug-likeness (QED) is 0.834. The van der Waals surface area contributed by atoms with Crippen LogP contribution in [0.2, 0.25) is 0 Å². The Labute approximate surface area is 104 Å². The van der Waals surface area contributed by atoms with Crippen LogP contribution in [0.3, 0.4) is 0 Å². The van der Waals surface area contributed by atoms with Crippen LogP contribution in [0, 0.1) is 0 Å². The monoisotopic (exact) mass is 252 g/mol. The van der Waals surface area contributed by atoms with Crippen LogP contribution in [0.1, 0.15) is 25.7 Å². The van der Waals surface area contributed by atoms with E-state index in [1.807, 2.05) is 22.4 Å². The number of rotatable bonds is 4. The number of nitrogen functional groups attached to an aromatic ring is 1. The second-order valence-electron chi connectivity index (χ2n) is 4.05. The van der Waals surface area contributed by atoms with E-state index >= 15 is 0 Å². The molecule has 2 aromatic heterocycles. The Morgan fingerprint density at radius 2 is 2.18 bits per heavy atom. The van der Waals surface area contributed by atoms with Crippen LogP contribution >= 0.6 is 11.8 Å². The summed E-state index contributed by atoms with van der Waals surface area (Å²) in [5.41, 5.74) is 5.78. The Morgan fingerprint density at radius 1 is 1.41 bits per heavy atom. The topological polar surface area (TPSA) is 74.6 Å². The molecule has 92 valence electrons. The molecule has 2 rings (SSSR count). The first-order valence-electron chi connectivity index (χ1n) is 5.39. The van der Waals surface area contributed by atoms with Gasteiger partial charge in [0, 0.05) is 25.5 Å². The number of nitrogens with zero attached hydrogens (tertiary/aromatic N) is 5. The summed E-state index contributed by atoms with van der Waals surface area (Å²) in [6, 6.07) is 0.258. The third-order valence-electron chi connectivity index (χ3n) is 2.46. The van der Waals surface area contributed by atoms with Crippen molar-refractivity contribution >= 4 is 17.7 Å². The Morgan fingerprint density at radius 3 is 2.76 bits per heavy atom. The fraction of sp³-hybridized carbons (Fsp3) is 0.500. The molecule has 0 saturated heterocycles. The van der Waals surface area contributed by atoms with Crippen molar-refractivity contribution in [2.75, 3.05) is 5.73 Å². The van der Waals surface area contributed by atoms with Gasteiger partial charge < -0.3 is 10.3 Å². The molecule has 0 radical (unpaired) electrons. The van der Waals surface area contributed by atoms with Crippen molar-refractivity contribution in [3.05, 3.63) is 18.2 Å². The van der Waals surface area contributed by atoms with Gasteiger partial charge in [0.1, 0.15) is 5.82 Å². The molecule has 0 atom stereocenters. The Bertz CT molecular complexity index is 501. The molecule has 2 aromatic rings. The van der Waals surface area contributed by atoms with E-state index < -0.39 is 0 Å². The summed E-state index contributed by atoms with van der Waals surface area (Å²) in [6.07, 6.45) is 3.72. The summed E-state index contributed by atoms with van der Waals surface area (Å²) in [4.78, 5) is 4.27. The van der Waals surface area contributed by atoms with Crippen molar-refractivity contribution in [2.24, 2.45) is 7.05 Å². The fourth-order valence-electron chi connectivity index (χ4n) is 1.54. The molecule has 0 fully saturated rings. The molecule has 0 spiro atoms. The van der Waals surface area contributed by atoms with Gasteiger partial charge >= 0.3 is 0 Å². The highest BCUT2D eigenvalue weighted by Gasteiger charge is 2.13. The standard InChI is InChI=1S/C10H16N6S/c1-7(2)16-9(11)13-14-10(16)17-6-8-12-4-5-15(8)3/h4-5,7H,6H2,1-3H3,(H2,11,13). The number of aryl methyl sites for hydroxylation is 1. The number of imidazole rings is 1. The van der Waals surface area contributed by atoms with Crippen LogP contribution in [0.5, 0.6) is 0 Å². The molecule has 6 nitrogen and oxygen atoms in total. The van der Waals surface area contributed by atoms with Crippen molar-refractivity contribution in [1.29, 1.82) is 0 Å². The van der Waals surface area contributed by atoms with Gasteiger partial charge in [-0.05, 0) is 13.8 Å². The molecule has 0 amide bonds. The summed E-state index contributed by atoms with van der Waals surface area (Å²) >= 11 is 1.59. The van der Waals surface area contributed by atoms with Crippen LogP contribution in [0.25, 0.3) is 0 Å². The van der Waals surface area contributed by atoms with E-state index in [0.29, 0.717) is 5.95 Å². The molecule has 0 aliphatic carbocycles. The maximum Gasteiger partial charge on any atom is 0.222 e. The summed E-state index contributed by atoms with van der Waals surface area (Å²) in [6.45, 7) is 4.12. The van der Waals surface area contributed by atoms with Gasteiger partial charge in [0.2, 0.25) is 5.95 Å². The fourth-order valence-corrected chi connectivity index (χ4v) is 2.62. The van der Waals surface area contributed by atoms with E-state index in [2.05, 4.69) is 29.0 Å². The highest BCUT2D eigenvalue weighted by molar-refractivity contribution is 7.98. The summed E-state index contributed by atoms with van der Waals surface area (Å²) in [5, 5.41) is 8.82. The second-order valence-corrected chi connectivity index (χ2v) is 4.99. The van der Waals surface area contributed by atoms with Gasteiger partial charge in [-0.1, -0.05) is 11.8 Å². The molecule has 0 bridgehead atoms. The average Bonchev–Trinajstić information content (AvgIpc) is 2.82. The first-order valence-corrected chi connectivity index (χ1v) is 6.37. The third-order valence-corrected chi connectivity index (χ3v) is 3.40. The van der Waals surface area contributed by atoms with E-state index in [1.165, 1.54) is 0 Å². The minimum atomic E-state index is 0.258. The van der Waals surface area contributed by atoms with Crippen LogP contribution in [-0.2, 0) is 12.8 Å². The lowest BCUT2D eigenvalue weighted by atomic mass is 10.4. The number of aromatic nitrogens is 5. The van der Waals surface area contributed by atoms with Gasteiger partial charge in [-0.15, -0.1) is 10.2 Å². The van der Waals surface area contributed by atoms with Crippen LogP contribution in [0.15, 0.2) is 17.6 Å². The van der Waals surface area contributed by atoms with Crippen molar-refractivity contribution < 1.29 is 0 Å². The predicted octanol–water partition coefficient (Wildman–Crippen LogP) is 1.47. The zero-order valence-electron chi connectivity index (χ0n) is 10.2. The number of thioether (sulfide) groups is 1. The lowest BCUT2D eigenvalue weighted by Crippen LogP contribution is -2.07. The summed E-state index contributed by atoms with van der Waals surface area (Å²) < 4.78 is 3.92. The Kier molecular flexibility index (Phi) is 3.37. The average molecular weight is 252 g/mol. The summed E-state index contributed by atoms with van der Waals surface area (Å²) in [5.74, 6) is 2.23. The van der Waals surface area contributed by atoms with Crippen LogP contribution in [0.4, 0.5) is 5.95 Å². The van der Waals surface area contributed by atoms with Gasteiger partial charge in [-0.25, -0.2) is 4.98 Å². The van der Waals surface area contributed by atoms with E-state index in [9.17, 15) is 0 Å². The Hall–Kier alpha value is -1.50. The normalized spacial score (nSPS) is 11.3. The highest BCUT2D eigenvalue weighted by atomic mass is 32.2. The Balaban J connectivity index is 2.12. The zero-order chi connectivity index (χ0) is 12.4. The molecule has 0 unspecified atom stereocenters. The smallest absolute Gasteiger partial charge is 0.222 e. The molecule has 7 heteroatoms. The molecule has 17 heavy (non-hydrogen) atoms. The molecule has 0 saturated carbocycles. The van der Waals surface area contributed by atoms with Crippen molar-refractivity contribution in [1.82, 2.24) is 24.3 Å². The third kappa shape index (κ3) is 2.44. The van der Waals surface area contributed by atoms with Gasteiger partial charge in [-0.2, -0.15) is 0 Å². The van der Waals surface area contributed by atoms with E-state index in [0.717, 1.165) is 16.7 Å². The second kappa shape index (κ2) is 4.79. The summed E-state index contributed by atoms with van der Waals surface area (Å²) in [7, 11) is 1.98. The minimum absolute atomic E-state index is 0.258. The van der Waals surface area contributed by atoms with Gasteiger partial charge in [0.05, 0.1) is 5.75 Å². The van der Waals surface area contributed by atoms with Crippen molar-refractivity contribution in [2.45, 2.75) is 30.8 Å². The maximum atomic E-state index is 5.78. The zero-order valence-corrected chi connectivity index (χ0v) is 11.0. The molecule has 0 aliphatic rings. The van der Waals surface area contributed by atoms with Gasteiger partial charge in [0.25, 0.3) is 0 Å². The predicted molar refractivity (Wildman–Crippen MR) is 67.6 cm³/mol. The van der Waals surface area contributed by atoms with E-state index in [1.54, 1.807) is 18.0 Å². The lowest BCUT2D eigenvalue weighted by molar-refractivity contribution is 0.557. The van der Waals surface area contributed by atoms with E-state index in [-0.39, 0.29) is 6.04 Å². The van der Waals surface area contributed by atoms with Gasteiger partial charge in [0.15, 0.2) is 5.16 Å². The minimum Gasteiger partial charge on any atom is -0.368 e. The SMILES string of the molecule is CC(C)n1c(N)nnc1SCc1nccn1C. The van der Waals surface area contributed by atoms with Crippen LogP contribution in [-0.4, -0.2) is 24.3 Å². The molecule has 0 aromatic carbocycles.